The number of nitrogens with zero attached hydrogens (tertiary/aromatic N) is 5. The second kappa shape index (κ2) is 7.03. The maximum Gasteiger partial charge on any atom is 0.417 e. The van der Waals surface area contributed by atoms with Gasteiger partial charge in [0, 0.05) is 38.6 Å². The highest BCUT2D eigenvalue weighted by Gasteiger charge is 2.32. The third-order valence-corrected chi connectivity index (χ3v) is 4.50. The first-order valence-electron chi connectivity index (χ1n) is 7.84. The minimum absolute atomic E-state index is 0.0126. The highest BCUT2D eigenvalue weighted by atomic mass is 35.5. The molecule has 0 bridgehead atoms. The molecule has 1 atom stereocenters. The minimum Gasteiger partial charge on any atom is -0.356 e. The summed E-state index contributed by atoms with van der Waals surface area (Å²) in [6.07, 6.45) is -0.0518. The van der Waals surface area contributed by atoms with E-state index in [0.29, 0.717) is 12.4 Å². The SMILES string of the molecule is CN(CC1CCCN1c1cccnn1)c1ncc(C(F)(F)F)cc1Cl. The summed E-state index contributed by atoms with van der Waals surface area (Å²) in [5, 5.41) is 8.03. The Bertz CT molecular complexity index is 725. The Morgan fingerprint density at radius 2 is 2.20 bits per heavy atom. The molecule has 1 aliphatic heterocycles. The van der Waals surface area contributed by atoms with Crippen molar-refractivity contribution in [1.82, 2.24) is 15.2 Å². The number of pyridine rings is 1. The minimum atomic E-state index is -4.46. The highest BCUT2D eigenvalue weighted by Crippen LogP contribution is 2.33. The van der Waals surface area contributed by atoms with Crippen molar-refractivity contribution in [2.75, 3.05) is 29.9 Å². The van der Waals surface area contributed by atoms with Crippen LogP contribution in [0, 0.1) is 0 Å². The molecule has 1 saturated heterocycles. The van der Waals surface area contributed by atoms with Gasteiger partial charge >= 0.3 is 6.18 Å². The third kappa shape index (κ3) is 3.95. The summed E-state index contributed by atoms with van der Waals surface area (Å²) in [5.41, 5.74) is -0.850. The summed E-state index contributed by atoms with van der Waals surface area (Å²) < 4.78 is 38.2. The normalized spacial score (nSPS) is 17.8. The van der Waals surface area contributed by atoms with E-state index in [9.17, 15) is 13.2 Å². The second-order valence-corrected chi connectivity index (χ2v) is 6.39. The standard InChI is InChI=1S/C16H17ClF3N5/c1-24(15-13(17)8-11(9-21-15)16(18,19)20)10-12-4-3-7-25(12)14-5-2-6-22-23-14/h2,5-6,8-9,12H,3-4,7,10H2,1H3. The Labute approximate surface area is 148 Å². The molecule has 2 aromatic rings. The lowest BCUT2D eigenvalue weighted by atomic mass is 10.2. The van der Waals surface area contributed by atoms with Gasteiger partial charge < -0.3 is 9.80 Å². The van der Waals surface area contributed by atoms with Gasteiger partial charge in [-0.2, -0.15) is 18.3 Å². The molecule has 3 rings (SSSR count). The molecule has 3 heterocycles. The first-order chi connectivity index (χ1) is 11.9. The lowest BCUT2D eigenvalue weighted by Crippen LogP contribution is -2.39. The maximum atomic E-state index is 12.7. The molecular formula is C16H17ClF3N5. The average Bonchev–Trinajstić information content (AvgIpc) is 3.02. The molecule has 1 fully saturated rings. The number of rotatable bonds is 4. The fourth-order valence-corrected chi connectivity index (χ4v) is 3.35. The smallest absolute Gasteiger partial charge is 0.356 e. The van der Waals surface area contributed by atoms with Crippen molar-refractivity contribution in [3.8, 4) is 0 Å². The molecular weight excluding hydrogens is 355 g/mol. The summed E-state index contributed by atoms with van der Waals surface area (Å²) in [4.78, 5) is 7.85. The van der Waals surface area contributed by atoms with E-state index < -0.39 is 11.7 Å². The van der Waals surface area contributed by atoms with Crippen LogP contribution >= 0.6 is 11.6 Å². The van der Waals surface area contributed by atoms with Crippen molar-refractivity contribution in [2.45, 2.75) is 25.1 Å². The zero-order chi connectivity index (χ0) is 18.0. The van der Waals surface area contributed by atoms with E-state index in [1.54, 1.807) is 18.1 Å². The molecule has 0 saturated carbocycles. The summed E-state index contributed by atoms with van der Waals surface area (Å²) in [7, 11) is 1.77. The van der Waals surface area contributed by atoms with Gasteiger partial charge in [0.05, 0.1) is 10.6 Å². The monoisotopic (exact) mass is 371 g/mol. The van der Waals surface area contributed by atoms with Crippen molar-refractivity contribution < 1.29 is 13.2 Å². The summed E-state index contributed by atoms with van der Waals surface area (Å²) in [5.74, 6) is 1.13. The number of aromatic nitrogens is 3. The molecule has 1 aliphatic rings. The Morgan fingerprint density at radius 1 is 1.40 bits per heavy atom. The lowest BCUT2D eigenvalue weighted by molar-refractivity contribution is -0.137. The first kappa shape index (κ1) is 17.7. The van der Waals surface area contributed by atoms with E-state index in [4.69, 9.17) is 11.6 Å². The summed E-state index contributed by atoms with van der Waals surface area (Å²) in [6.45, 7) is 1.44. The van der Waals surface area contributed by atoms with Crippen LogP contribution in [0.5, 0.6) is 0 Å². The van der Waals surface area contributed by atoms with Crippen molar-refractivity contribution in [1.29, 1.82) is 0 Å². The lowest BCUT2D eigenvalue weighted by Gasteiger charge is -2.30. The molecule has 0 radical (unpaired) electrons. The van der Waals surface area contributed by atoms with Crippen molar-refractivity contribution in [2.24, 2.45) is 0 Å². The van der Waals surface area contributed by atoms with Gasteiger partial charge in [0.2, 0.25) is 0 Å². The van der Waals surface area contributed by atoms with Crippen LogP contribution in [0.1, 0.15) is 18.4 Å². The number of hydrogen-bond acceptors (Lipinski definition) is 5. The quantitative estimate of drug-likeness (QED) is 0.821. The van der Waals surface area contributed by atoms with Crippen LogP contribution in [0.3, 0.4) is 0 Å². The van der Waals surface area contributed by atoms with Crippen LogP contribution in [0.4, 0.5) is 24.8 Å². The Balaban J connectivity index is 1.74. The van der Waals surface area contributed by atoms with E-state index in [0.717, 1.165) is 37.5 Å². The Morgan fingerprint density at radius 3 is 2.84 bits per heavy atom. The van der Waals surface area contributed by atoms with Gasteiger partial charge in [-0.3, -0.25) is 0 Å². The molecule has 0 aromatic carbocycles. The zero-order valence-corrected chi connectivity index (χ0v) is 14.3. The number of anilines is 2. The fourth-order valence-electron chi connectivity index (χ4n) is 3.04. The Hall–Kier alpha value is -2.09. The van der Waals surface area contributed by atoms with Crippen LogP contribution in [0.2, 0.25) is 5.02 Å². The number of likely N-dealkylation sites (N-methyl/N-ethyl adjacent to an activating group) is 1. The molecule has 0 aliphatic carbocycles. The third-order valence-electron chi connectivity index (χ3n) is 4.22. The second-order valence-electron chi connectivity index (χ2n) is 5.98. The van der Waals surface area contributed by atoms with Crippen LogP contribution in [-0.2, 0) is 6.18 Å². The topological polar surface area (TPSA) is 45.2 Å². The number of hydrogen-bond donors (Lipinski definition) is 0. The van der Waals surface area contributed by atoms with Gasteiger partial charge in [-0.05, 0) is 31.0 Å². The number of alkyl halides is 3. The molecule has 0 amide bonds. The predicted molar refractivity (Wildman–Crippen MR) is 89.9 cm³/mol. The van der Waals surface area contributed by atoms with E-state index >= 15 is 0 Å². The van der Waals surface area contributed by atoms with Gasteiger partial charge in [0.15, 0.2) is 5.82 Å². The van der Waals surface area contributed by atoms with Crippen molar-refractivity contribution in [3.63, 3.8) is 0 Å². The average molecular weight is 372 g/mol. The van der Waals surface area contributed by atoms with Crippen LogP contribution in [0.15, 0.2) is 30.6 Å². The van der Waals surface area contributed by atoms with Gasteiger partial charge in [-0.25, -0.2) is 4.98 Å². The van der Waals surface area contributed by atoms with E-state index in [2.05, 4.69) is 20.1 Å². The molecule has 5 nitrogen and oxygen atoms in total. The molecule has 9 heteroatoms. The fraction of sp³-hybridized carbons (Fsp3) is 0.438. The maximum absolute atomic E-state index is 12.7. The largest absolute Gasteiger partial charge is 0.417 e. The predicted octanol–water partition coefficient (Wildman–Crippen LogP) is 3.65. The molecule has 0 N–H and O–H groups in total. The molecule has 25 heavy (non-hydrogen) atoms. The van der Waals surface area contributed by atoms with Crippen molar-refractivity contribution >= 4 is 23.2 Å². The molecule has 134 valence electrons. The van der Waals surface area contributed by atoms with Gasteiger partial charge in [0.1, 0.15) is 5.82 Å². The molecule has 2 aromatic heterocycles. The highest BCUT2D eigenvalue weighted by molar-refractivity contribution is 6.33. The summed E-state index contributed by atoms with van der Waals surface area (Å²) in [6, 6.07) is 4.81. The van der Waals surface area contributed by atoms with E-state index in [-0.39, 0.29) is 11.1 Å². The molecule has 0 spiro atoms. The van der Waals surface area contributed by atoms with Crippen molar-refractivity contribution in [3.05, 3.63) is 41.2 Å². The zero-order valence-electron chi connectivity index (χ0n) is 13.5. The first-order valence-corrected chi connectivity index (χ1v) is 8.22. The van der Waals surface area contributed by atoms with Gasteiger partial charge in [-0.1, -0.05) is 11.6 Å². The number of halogens is 4. The van der Waals surface area contributed by atoms with Crippen LogP contribution in [-0.4, -0.2) is 41.4 Å². The van der Waals surface area contributed by atoms with E-state index in [1.165, 1.54) is 0 Å². The summed E-state index contributed by atoms with van der Waals surface area (Å²) >= 11 is 6.03. The van der Waals surface area contributed by atoms with Gasteiger partial charge in [0.25, 0.3) is 0 Å². The van der Waals surface area contributed by atoms with Crippen LogP contribution < -0.4 is 9.80 Å². The van der Waals surface area contributed by atoms with E-state index in [1.807, 2.05) is 12.1 Å². The Kier molecular flexibility index (Phi) is 4.99. The molecule has 1 unspecified atom stereocenters. The van der Waals surface area contributed by atoms with Crippen LogP contribution in [0.25, 0.3) is 0 Å². The van der Waals surface area contributed by atoms with Gasteiger partial charge in [-0.15, -0.1) is 5.10 Å².